The van der Waals surface area contributed by atoms with Crippen molar-refractivity contribution in [3.8, 4) is 6.07 Å². The second-order valence-electron chi connectivity index (χ2n) is 7.12. The number of ketones is 1. The highest BCUT2D eigenvalue weighted by molar-refractivity contribution is 8.03. The van der Waals surface area contributed by atoms with Gasteiger partial charge in [0.25, 0.3) is 0 Å². The molecule has 9 heteroatoms. The fourth-order valence-electron chi connectivity index (χ4n) is 3.59. The number of carbonyl (C=O) groups is 2. The van der Waals surface area contributed by atoms with Gasteiger partial charge in [0, 0.05) is 23.7 Å². The molecule has 2 aromatic heterocycles. The number of fused-ring (bicyclic) bond motifs is 1. The number of benzene rings is 1. The molecule has 0 fully saturated rings. The number of thioether (sulfide) groups is 1. The van der Waals surface area contributed by atoms with Crippen LogP contribution in [0.15, 0.2) is 70.7 Å². The zero-order valence-corrected chi connectivity index (χ0v) is 19.0. The zero-order chi connectivity index (χ0) is 22.7. The first-order valence-corrected chi connectivity index (χ1v) is 11.6. The summed E-state index contributed by atoms with van der Waals surface area (Å²) in [6, 6.07) is 13.5. The summed E-state index contributed by atoms with van der Waals surface area (Å²) in [4.78, 5) is 33.5. The van der Waals surface area contributed by atoms with Crippen LogP contribution in [0.3, 0.4) is 0 Å². The van der Waals surface area contributed by atoms with E-state index in [0.29, 0.717) is 27.0 Å². The van der Waals surface area contributed by atoms with Gasteiger partial charge < -0.3 is 10.6 Å². The van der Waals surface area contributed by atoms with Crippen molar-refractivity contribution >= 4 is 50.1 Å². The molecule has 4 rings (SSSR count). The summed E-state index contributed by atoms with van der Waals surface area (Å²) >= 11 is 2.63. The highest BCUT2D eigenvalue weighted by atomic mass is 32.2. The number of nitrogens with one attached hydrogen (secondary N) is 2. The van der Waals surface area contributed by atoms with Crippen molar-refractivity contribution in [2.24, 2.45) is 0 Å². The lowest BCUT2D eigenvalue weighted by molar-refractivity contribution is -0.114. The van der Waals surface area contributed by atoms with Gasteiger partial charge in [-0.15, -0.1) is 0 Å². The van der Waals surface area contributed by atoms with Crippen LogP contribution in [0, 0.1) is 11.3 Å². The minimum absolute atomic E-state index is 0.0892. The first-order chi connectivity index (χ1) is 15.5. The molecule has 1 atom stereocenters. The van der Waals surface area contributed by atoms with Crippen molar-refractivity contribution in [1.29, 1.82) is 5.26 Å². The van der Waals surface area contributed by atoms with Crippen LogP contribution in [0.4, 0.5) is 5.13 Å². The van der Waals surface area contributed by atoms with Crippen LogP contribution in [-0.2, 0) is 9.59 Å². The number of hydrogen-bond acceptors (Lipinski definition) is 8. The molecule has 0 spiro atoms. The van der Waals surface area contributed by atoms with Gasteiger partial charge in [-0.25, -0.2) is 4.98 Å². The number of aromatic nitrogens is 2. The number of allylic oxidation sites excluding steroid dienone is 3. The van der Waals surface area contributed by atoms with Crippen LogP contribution in [0.1, 0.15) is 25.3 Å². The lowest BCUT2D eigenvalue weighted by Gasteiger charge is -2.29. The van der Waals surface area contributed by atoms with Gasteiger partial charge >= 0.3 is 0 Å². The molecule has 1 amide bonds. The van der Waals surface area contributed by atoms with E-state index in [2.05, 4.69) is 26.7 Å². The maximum absolute atomic E-state index is 12.6. The molecule has 0 radical (unpaired) electrons. The Kier molecular flexibility index (Phi) is 6.35. The van der Waals surface area contributed by atoms with E-state index in [1.54, 1.807) is 25.4 Å². The molecule has 1 aliphatic heterocycles. The Labute approximate surface area is 193 Å². The number of carbonyl (C=O) groups excluding carboxylic acids is 2. The molecular formula is C23H19N5O2S2. The molecular weight excluding hydrogens is 442 g/mol. The first-order valence-electron chi connectivity index (χ1n) is 9.79. The van der Waals surface area contributed by atoms with E-state index in [1.165, 1.54) is 30.0 Å². The molecule has 0 saturated heterocycles. The summed E-state index contributed by atoms with van der Waals surface area (Å²) in [5, 5.41) is 17.0. The van der Waals surface area contributed by atoms with E-state index in [9.17, 15) is 14.9 Å². The number of dihydropyridines is 1. The molecule has 7 nitrogen and oxygen atoms in total. The molecule has 2 N–H and O–H groups in total. The zero-order valence-electron chi connectivity index (χ0n) is 17.4. The van der Waals surface area contributed by atoms with Crippen molar-refractivity contribution in [3.05, 3.63) is 76.2 Å². The number of pyridine rings is 1. The maximum Gasteiger partial charge on any atom is 0.236 e. The van der Waals surface area contributed by atoms with Crippen molar-refractivity contribution in [2.75, 3.05) is 11.1 Å². The molecule has 32 heavy (non-hydrogen) atoms. The quantitative estimate of drug-likeness (QED) is 0.562. The molecule has 3 aromatic rings. The van der Waals surface area contributed by atoms with E-state index in [1.807, 2.05) is 30.3 Å². The van der Waals surface area contributed by atoms with Crippen LogP contribution in [0.25, 0.3) is 10.2 Å². The number of amides is 1. The summed E-state index contributed by atoms with van der Waals surface area (Å²) in [5.74, 6) is -0.777. The number of nitriles is 1. The normalized spacial score (nSPS) is 16.0. The monoisotopic (exact) mass is 461 g/mol. The minimum Gasteiger partial charge on any atom is -0.353 e. The smallest absolute Gasteiger partial charge is 0.236 e. The van der Waals surface area contributed by atoms with E-state index >= 15 is 0 Å². The van der Waals surface area contributed by atoms with Crippen LogP contribution in [0.5, 0.6) is 0 Å². The van der Waals surface area contributed by atoms with Gasteiger partial charge in [-0.1, -0.05) is 41.3 Å². The van der Waals surface area contributed by atoms with Gasteiger partial charge in [0.2, 0.25) is 5.91 Å². The number of nitrogens with zero attached hydrogens (tertiary/aromatic N) is 3. The van der Waals surface area contributed by atoms with Gasteiger partial charge in [0.1, 0.15) is 0 Å². The molecule has 1 unspecified atom stereocenters. The maximum atomic E-state index is 12.6. The predicted molar refractivity (Wildman–Crippen MR) is 127 cm³/mol. The lowest BCUT2D eigenvalue weighted by Crippen LogP contribution is -2.27. The Morgan fingerprint density at radius 1 is 1.28 bits per heavy atom. The number of Topliss-reactive ketones (excluding diaryl/α,β-unsaturated/α-hetero) is 1. The number of para-hydroxylation sites is 1. The Balaban J connectivity index is 1.55. The predicted octanol–water partition coefficient (Wildman–Crippen LogP) is 4.35. The Morgan fingerprint density at radius 2 is 2.09 bits per heavy atom. The van der Waals surface area contributed by atoms with Crippen LogP contribution in [-0.4, -0.2) is 27.4 Å². The third-order valence-corrected chi connectivity index (χ3v) is 6.90. The third kappa shape index (κ3) is 4.42. The molecule has 1 aliphatic rings. The highest BCUT2D eigenvalue weighted by Crippen LogP contribution is 2.40. The molecule has 160 valence electrons. The second kappa shape index (κ2) is 9.34. The summed E-state index contributed by atoms with van der Waals surface area (Å²) in [6.45, 7) is 3.29. The average molecular weight is 462 g/mol. The molecule has 0 saturated carbocycles. The summed E-state index contributed by atoms with van der Waals surface area (Å²) in [5.41, 5.74) is 3.18. The molecule has 1 aromatic carbocycles. The molecule has 0 bridgehead atoms. The van der Waals surface area contributed by atoms with Crippen LogP contribution in [0.2, 0.25) is 0 Å². The number of anilines is 1. The van der Waals surface area contributed by atoms with Crippen LogP contribution < -0.4 is 10.6 Å². The number of hydrogen-bond donors (Lipinski definition) is 2. The average Bonchev–Trinajstić information content (AvgIpc) is 3.19. The fourth-order valence-corrected chi connectivity index (χ4v) is 5.37. The van der Waals surface area contributed by atoms with Gasteiger partial charge in [0.05, 0.1) is 38.6 Å². The van der Waals surface area contributed by atoms with E-state index in [0.717, 1.165) is 15.8 Å². The second-order valence-corrected chi connectivity index (χ2v) is 9.13. The van der Waals surface area contributed by atoms with Gasteiger partial charge in [-0.2, -0.15) is 5.26 Å². The topological polar surface area (TPSA) is 108 Å². The summed E-state index contributed by atoms with van der Waals surface area (Å²) in [6.07, 6.45) is 3.30. The van der Waals surface area contributed by atoms with E-state index < -0.39 is 5.92 Å². The van der Waals surface area contributed by atoms with Gasteiger partial charge in [-0.3, -0.25) is 14.6 Å². The Bertz CT molecular complexity index is 1270. The van der Waals surface area contributed by atoms with Crippen molar-refractivity contribution in [2.45, 2.75) is 19.8 Å². The van der Waals surface area contributed by atoms with E-state index in [4.69, 9.17) is 0 Å². The Morgan fingerprint density at radius 3 is 2.78 bits per heavy atom. The largest absolute Gasteiger partial charge is 0.353 e. The number of rotatable bonds is 6. The van der Waals surface area contributed by atoms with Crippen molar-refractivity contribution in [3.63, 3.8) is 0 Å². The standard InChI is InChI=1S/C23H19N5O2S2/c1-13-20(14(2)29)21(15-6-5-9-25-11-15)16(10-24)22(26-13)31-12-19(30)28-23-27-17-7-3-4-8-18(17)32-23/h3-9,11,21,26H,12H2,1-2H3,(H,27,28,30). The fraction of sp³-hybridized carbons (Fsp3) is 0.174. The first kappa shape index (κ1) is 21.7. The van der Waals surface area contributed by atoms with Crippen LogP contribution >= 0.6 is 23.1 Å². The number of thiazole rings is 1. The van der Waals surface area contributed by atoms with E-state index in [-0.39, 0.29) is 17.4 Å². The van der Waals surface area contributed by atoms with Crippen molar-refractivity contribution in [1.82, 2.24) is 15.3 Å². The highest BCUT2D eigenvalue weighted by Gasteiger charge is 2.33. The molecule has 3 heterocycles. The summed E-state index contributed by atoms with van der Waals surface area (Å²) in [7, 11) is 0. The third-order valence-electron chi connectivity index (χ3n) is 4.93. The van der Waals surface area contributed by atoms with Gasteiger partial charge in [0.15, 0.2) is 10.9 Å². The Hall–Kier alpha value is -3.48. The lowest BCUT2D eigenvalue weighted by atomic mass is 9.81. The van der Waals surface area contributed by atoms with Gasteiger partial charge in [-0.05, 0) is 37.6 Å². The summed E-state index contributed by atoms with van der Waals surface area (Å²) < 4.78 is 0.996. The SMILES string of the molecule is CC(=O)C1=C(C)NC(SCC(=O)Nc2nc3ccccc3s2)=C(C#N)C1c1cccnc1. The molecule has 0 aliphatic carbocycles. The van der Waals surface area contributed by atoms with Crippen molar-refractivity contribution < 1.29 is 9.59 Å². The minimum atomic E-state index is -0.526.